The van der Waals surface area contributed by atoms with E-state index in [-0.39, 0.29) is 24.5 Å². The highest BCUT2D eigenvalue weighted by molar-refractivity contribution is 9.10. The van der Waals surface area contributed by atoms with E-state index in [1.54, 1.807) is 0 Å². The molecule has 1 heterocycles. The van der Waals surface area contributed by atoms with Gasteiger partial charge in [0.2, 0.25) is 0 Å². The molecule has 9 heteroatoms. The summed E-state index contributed by atoms with van der Waals surface area (Å²) in [7, 11) is 0. The number of aromatic nitrogens is 1. The van der Waals surface area contributed by atoms with Crippen LogP contribution >= 0.6 is 15.9 Å². The zero-order chi connectivity index (χ0) is 14.5. The number of carboxylic acids is 1. The molecule has 0 aromatic carbocycles. The van der Waals surface area contributed by atoms with Gasteiger partial charge in [-0.15, -0.1) is 0 Å². The van der Waals surface area contributed by atoms with Gasteiger partial charge in [0.1, 0.15) is 18.0 Å². The van der Waals surface area contributed by atoms with E-state index in [9.17, 15) is 18.0 Å². The summed E-state index contributed by atoms with van der Waals surface area (Å²) >= 11 is 3.08. The number of alkyl halides is 3. The van der Waals surface area contributed by atoms with Gasteiger partial charge >= 0.3 is 12.1 Å². The molecule has 0 aliphatic rings. The smallest absolute Gasteiger partial charge is 0.411 e. The van der Waals surface area contributed by atoms with Gasteiger partial charge in [-0.1, -0.05) is 0 Å². The van der Waals surface area contributed by atoms with E-state index in [2.05, 4.69) is 31.0 Å². The van der Waals surface area contributed by atoms with Crippen LogP contribution in [-0.4, -0.2) is 42.0 Å². The van der Waals surface area contributed by atoms with Gasteiger partial charge in [0.15, 0.2) is 0 Å². The molecule has 0 spiro atoms. The van der Waals surface area contributed by atoms with Crippen molar-refractivity contribution in [3.8, 4) is 0 Å². The molecule has 0 radical (unpaired) electrons. The van der Waals surface area contributed by atoms with Crippen molar-refractivity contribution in [2.75, 3.05) is 25.1 Å². The normalized spacial score (nSPS) is 11.4. The summed E-state index contributed by atoms with van der Waals surface area (Å²) in [4.78, 5) is 14.7. The van der Waals surface area contributed by atoms with Gasteiger partial charge in [-0.2, -0.15) is 13.2 Å². The second-order valence-corrected chi connectivity index (χ2v) is 4.37. The molecule has 0 saturated heterocycles. The van der Waals surface area contributed by atoms with Crippen LogP contribution in [0.25, 0.3) is 0 Å². The third-order valence-corrected chi connectivity index (χ3v) is 2.32. The summed E-state index contributed by atoms with van der Waals surface area (Å²) in [5.41, 5.74) is -0.0785. The van der Waals surface area contributed by atoms with E-state index in [0.29, 0.717) is 4.47 Å². The lowest BCUT2D eigenvalue weighted by Gasteiger charge is -2.10. The Hall–Kier alpha value is -1.35. The van der Waals surface area contributed by atoms with Crippen LogP contribution in [0.4, 0.5) is 19.0 Å². The number of hydrogen-bond donors (Lipinski definition) is 2. The van der Waals surface area contributed by atoms with Crippen LogP contribution in [0.3, 0.4) is 0 Å². The van der Waals surface area contributed by atoms with Gasteiger partial charge in [-0.3, -0.25) is 0 Å². The second-order valence-electron chi connectivity index (χ2n) is 3.45. The largest absolute Gasteiger partial charge is 0.478 e. The average molecular weight is 343 g/mol. The predicted octanol–water partition coefficient (Wildman–Crippen LogP) is 2.53. The van der Waals surface area contributed by atoms with Gasteiger partial charge in [0.25, 0.3) is 0 Å². The molecule has 0 bridgehead atoms. The molecule has 0 atom stereocenters. The third kappa shape index (κ3) is 5.88. The molecule has 0 saturated carbocycles. The lowest BCUT2D eigenvalue weighted by Crippen LogP contribution is -2.20. The van der Waals surface area contributed by atoms with Crippen LogP contribution in [0, 0.1) is 0 Å². The molecule has 2 N–H and O–H groups in total. The van der Waals surface area contributed by atoms with Gasteiger partial charge in [0, 0.05) is 17.2 Å². The molecule has 5 nitrogen and oxygen atoms in total. The minimum Gasteiger partial charge on any atom is -0.478 e. The Balaban J connectivity index is 2.47. The number of rotatable bonds is 6. The second kappa shape index (κ2) is 6.71. The number of carboxylic acid groups (broad SMARTS) is 1. The molecule has 0 fully saturated rings. The molecular formula is C10H10BrF3N2O3. The zero-order valence-corrected chi connectivity index (χ0v) is 11.1. The van der Waals surface area contributed by atoms with Crippen molar-refractivity contribution in [2.24, 2.45) is 0 Å². The molecule has 1 aromatic rings. The van der Waals surface area contributed by atoms with E-state index >= 15 is 0 Å². The van der Waals surface area contributed by atoms with E-state index in [1.807, 2.05) is 0 Å². The van der Waals surface area contributed by atoms with E-state index in [4.69, 9.17) is 5.11 Å². The minimum atomic E-state index is -4.37. The summed E-state index contributed by atoms with van der Waals surface area (Å²) in [6.45, 7) is -1.53. The third-order valence-electron chi connectivity index (χ3n) is 1.89. The number of aromatic carboxylic acids is 1. The number of anilines is 1. The monoisotopic (exact) mass is 342 g/mol. The number of ether oxygens (including phenoxy) is 1. The average Bonchev–Trinajstić information content (AvgIpc) is 2.28. The maximum Gasteiger partial charge on any atom is 0.411 e. The maximum absolute atomic E-state index is 11.8. The Morgan fingerprint density at radius 2 is 2.21 bits per heavy atom. The minimum absolute atomic E-state index is 0.0188. The van der Waals surface area contributed by atoms with Crippen LogP contribution in [0.15, 0.2) is 16.7 Å². The fourth-order valence-corrected chi connectivity index (χ4v) is 1.50. The molecule has 106 valence electrons. The van der Waals surface area contributed by atoms with E-state index in [0.717, 1.165) is 0 Å². The summed E-state index contributed by atoms with van der Waals surface area (Å²) in [6, 6.07) is 1.34. The van der Waals surface area contributed by atoms with Crippen LogP contribution in [0.1, 0.15) is 10.4 Å². The SMILES string of the molecule is O=C(O)c1cc(Br)cnc1NCCOCC(F)(F)F. The zero-order valence-electron chi connectivity index (χ0n) is 9.50. The Kier molecular flexibility index (Phi) is 5.55. The number of carbonyl (C=O) groups is 1. The molecule has 1 rings (SSSR count). The van der Waals surface area contributed by atoms with Crippen molar-refractivity contribution < 1.29 is 27.8 Å². The molecule has 0 aliphatic heterocycles. The Bertz CT molecular complexity index is 454. The van der Waals surface area contributed by atoms with Crippen LogP contribution < -0.4 is 5.32 Å². The van der Waals surface area contributed by atoms with Crippen LogP contribution in [-0.2, 0) is 4.74 Å². The molecule has 1 aromatic heterocycles. The highest BCUT2D eigenvalue weighted by Gasteiger charge is 2.27. The first-order chi connectivity index (χ1) is 8.79. The van der Waals surface area contributed by atoms with Gasteiger partial charge in [-0.05, 0) is 22.0 Å². The Morgan fingerprint density at radius 1 is 1.53 bits per heavy atom. The lowest BCUT2D eigenvalue weighted by atomic mass is 10.2. The molecule has 0 amide bonds. The first-order valence-corrected chi connectivity index (χ1v) is 5.86. The van der Waals surface area contributed by atoms with Crippen LogP contribution in [0.5, 0.6) is 0 Å². The lowest BCUT2D eigenvalue weighted by molar-refractivity contribution is -0.172. The maximum atomic E-state index is 11.8. The predicted molar refractivity (Wildman–Crippen MR) is 64.3 cm³/mol. The summed E-state index contributed by atoms with van der Waals surface area (Å²) in [6.07, 6.45) is -2.99. The van der Waals surface area contributed by atoms with Crippen molar-refractivity contribution in [2.45, 2.75) is 6.18 Å². The first-order valence-electron chi connectivity index (χ1n) is 5.07. The van der Waals surface area contributed by atoms with Gasteiger partial charge in [-0.25, -0.2) is 9.78 Å². The standard InChI is InChI=1S/C10H10BrF3N2O3/c11-6-3-7(9(17)18)8(16-4-6)15-1-2-19-5-10(12,13)14/h3-4H,1-2,5H2,(H,15,16)(H,17,18). The van der Waals surface area contributed by atoms with Crippen molar-refractivity contribution in [3.05, 3.63) is 22.3 Å². The quantitative estimate of drug-likeness (QED) is 0.777. The van der Waals surface area contributed by atoms with Crippen molar-refractivity contribution >= 4 is 27.7 Å². The highest BCUT2D eigenvalue weighted by Crippen LogP contribution is 2.18. The molecule has 0 aliphatic carbocycles. The molecule has 0 unspecified atom stereocenters. The van der Waals surface area contributed by atoms with Gasteiger partial charge in [0.05, 0.1) is 6.61 Å². The number of hydrogen-bond acceptors (Lipinski definition) is 4. The fourth-order valence-electron chi connectivity index (χ4n) is 1.17. The number of nitrogens with zero attached hydrogens (tertiary/aromatic N) is 1. The van der Waals surface area contributed by atoms with Crippen molar-refractivity contribution in [3.63, 3.8) is 0 Å². The van der Waals surface area contributed by atoms with E-state index < -0.39 is 18.8 Å². The van der Waals surface area contributed by atoms with Crippen molar-refractivity contribution in [1.29, 1.82) is 0 Å². The fraction of sp³-hybridized carbons (Fsp3) is 0.400. The highest BCUT2D eigenvalue weighted by atomic mass is 79.9. The van der Waals surface area contributed by atoms with Crippen LogP contribution in [0.2, 0.25) is 0 Å². The van der Waals surface area contributed by atoms with Crippen molar-refractivity contribution in [1.82, 2.24) is 4.98 Å². The molecular weight excluding hydrogens is 333 g/mol. The number of nitrogens with one attached hydrogen (secondary N) is 1. The van der Waals surface area contributed by atoms with Gasteiger partial charge < -0.3 is 15.2 Å². The Morgan fingerprint density at radius 3 is 2.79 bits per heavy atom. The Labute approximate surface area is 114 Å². The summed E-state index contributed by atoms with van der Waals surface area (Å²) in [5.74, 6) is -1.11. The number of pyridine rings is 1. The molecule has 19 heavy (non-hydrogen) atoms. The number of halogens is 4. The van der Waals surface area contributed by atoms with E-state index in [1.165, 1.54) is 12.3 Å². The summed E-state index contributed by atoms with van der Waals surface area (Å²) < 4.78 is 40.2. The first kappa shape index (κ1) is 15.7. The summed E-state index contributed by atoms with van der Waals surface area (Å²) in [5, 5.41) is 11.5. The topological polar surface area (TPSA) is 71.5 Å².